The number of thiazole rings is 1. The van der Waals surface area contributed by atoms with E-state index < -0.39 is 5.82 Å². The van der Waals surface area contributed by atoms with E-state index in [-0.39, 0.29) is 23.6 Å². The Morgan fingerprint density at radius 3 is 2.91 bits per heavy atom. The van der Waals surface area contributed by atoms with Crippen LogP contribution in [0.15, 0.2) is 36.4 Å². The highest BCUT2D eigenvalue weighted by atomic mass is 35.5. The third-order valence-electron chi connectivity index (χ3n) is 3.22. The summed E-state index contributed by atoms with van der Waals surface area (Å²) in [5, 5.41) is 4.21. The predicted octanol–water partition coefficient (Wildman–Crippen LogP) is 4.39. The van der Waals surface area contributed by atoms with Gasteiger partial charge in [-0.05, 0) is 36.4 Å². The second kappa shape index (κ2) is 6.52. The molecule has 0 saturated heterocycles. The van der Waals surface area contributed by atoms with E-state index in [1.54, 1.807) is 6.07 Å². The Balaban J connectivity index is 1.71. The van der Waals surface area contributed by atoms with Crippen LogP contribution in [0.3, 0.4) is 0 Å². The molecule has 0 saturated carbocycles. The van der Waals surface area contributed by atoms with Gasteiger partial charge in [0.15, 0.2) is 22.5 Å². The lowest BCUT2D eigenvalue weighted by Crippen LogP contribution is -2.14. The zero-order valence-electron chi connectivity index (χ0n) is 12.1. The Bertz CT molecular complexity index is 882. The molecule has 1 N–H and O–H groups in total. The number of benzene rings is 2. The maximum absolute atomic E-state index is 13.6. The molecule has 0 bridgehead atoms. The maximum atomic E-state index is 13.6. The lowest BCUT2D eigenvalue weighted by Gasteiger charge is -2.05. The summed E-state index contributed by atoms with van der Waals surface area (Å²) in [5.41, 5.74) is 1.09. The van der Waals surface area contributed by atoms with Gasteiger partial charge in [-0.25, -0.2) is 9.37 Å². The Hall–Kier alpha value is -2.18. The first-order valence-corrected chi connectivity index (χ1v) is 7.93. The van der Waals surface area contributed by atoms with Crippen LogP contribution in [0.2, 0.25) is 5.02 Å². The average Bonchev–Trinajstić information content (AvgIpc) is 2.94. The van der Waals surface area contributed by atoms with E-state index in [4.69, 9.17) is 16.3 Å². The lowest BCUT2D eigenvalue weighted by molar-refractivity contribution is 0.101. The van der Waals surface area contributed by atoms with Crippen molar-refractivity contribution in [1.29, 1.82) is 0 Å². The first-order chi connectivity index (χ1) is 11.1. The van der Waals surface area contributed by atoms with Gasteiger partial charge in [0.1, 0.15) is 0 Å². The summed E-state index contributed by atoms with van der Waals surface area (Å²) in [6.07, 6.45) is 0. The van der Waals surface area contributed by atoms with Crippen LogP contribution in [0.5, 0.6) is 5.75 Å². The Kier molecular flexibility index (Phi) is 4.45. The van der Waals surface area contributed by atoms with Crippen LogP contribution in [0.25, 0.3) is 10.2 Å². The number of methoxy groups -OCH3 is 1. The number of nitrogens with one attached hydrogen (secondary N) is 1. The van der Waals surface area contributed by atoms with Crippen molar-refractivity contribution in [2.24, 2.45) is 0 Å². The highest BCUT2D eigenvalue weighted by Crippen LogP contribution is 2.28. The van der Waals surface area contributed by atoms with Crippen molar-refractivity contribution in [3.63, 3.8) is 0 Å². The molecule has 0 aliphatic heterocycles. The van der Waals surface area contributed by atoms with Gasteiger partial charge in [-0.15, -0.1) is 0 Å². The highest BCUT2D eigenvalue weighted by Gasteiger charge is 2.11. The fourth-order valence-electron chi connectivity index (χ4n) is 2.07. The van der Waals surface area contributed by atoms with E-state index in [2.05, 4.69) is 10.3 Å². The average molecular weight is 351 g/mol. The monoisotopic (exact) mass is 350 g/mol. The molecule has 3 aromatic rings. The summed E-state index contributed by atoms with van der Waals surface area (Å²) in [6.45, 7) is 0.0271. The van der Waals surface area contributed by atoms with Crippen molar-refractivity contribution < 1.29 is 13.9 Å². The molecule has 3 rings (SSSR count). The number of ketones is 1. The number of nitrogens with zero attached hydrogens (tertiary/aromatic N) is 1. The fourth-order valence-corrected chi connectivity index (χ4v) is 3.21. The zero-order valence-corrected chi connectivity index (χ0v) is 13.7. The van der Waals surface area contributed by atoms with Gasteiger partial charge in [-0.2, -0.15) is 0 Å². The van der Waals surface area contributed by atoms with Crippen LogP contribution >= 0.6 is 22.9 Å². The van der Waals surface area contributed by atoms with Gasteiger partial charge in [-0.3, -0.25) is 4.79 Å². The van der Waals surface area contributed by atoms with Crippen LogP contribution in [0, 0.1) is 5.82 Å². The van der Waals surface area contributed by atoms with Crippen LogP contribution in [0.1, 0.15) is 10.4 Å². The first kappa shape index (κ1) is 15.7. The molecule has 0 radical (unpaired) electrons. The molecule has 0 spiro atoms. The number of carbonyl (C=O) groups is 1. The smallest absolute Gasteiger partial charge is 0.184 e. The van der Waals surface area contributed by atoms with Crippen molar-refractivity contribution in [2.45, 2.75) is 0 Å². The van der Waals surface area contributed by atoms with E-state index in [1.165, 1.54) is 36.6 Å². The Labute approximate surface area is 140 Å². The number of aromatic nitrogens is 1. The summed E-state index contributed by atoms with van der Waals surface area (Å²) in [6, 6.07) is 9.53. The molecule has 118 valence electrons. The number of hydrogen-bond donors (Lipinski definition) is 1. The number of ether oxygens (including phenoxy) is 1. The predicted molar refractivity (Wildman–Crippen MR) is 90.4 cm³/mol. The number of Topliss-reactive ketones (excluding diaryl/α,β-unsaturated/α-hetero) is 1. The topological polar surface area (TPSA) is 51.2 Å². The number of fused-ring (bicyclic) bond motifs is 1. The van der Waals surface area contributed by atoms with Crippen LogP contribution in [0.4, 0.5) is 9.52 Å². The lowest BCUT2D eigenvalue weighted by atomic mass is 10.1. The minimum Gasteiger partial charge on any atom is -0.494 e. The summed E-state index contributed by atoms with van der Waals surface area (Å²) in [4.78, 5) is 16.5. The summed E-state index contributed by atoms with van der Waals surface area (Å²) >= 11 is 7.34. The molecular formula is C16H12ClFN2O2S. The van der Waals surface area contributed by atoms with E-state index in [1.807, 2.05) is 12.1 Å². The van der Waals surface area contributed by atoms with Gasteiger partial charge in [0.05, 0.1) is 23.9 Å². The molecule has 7 heteroatoms. The molecule has 0 atom stereocenters. The standard InChI is InChI=1S/C16H12ClFN2O2S/c1-22-14-5-2-9(6-11(14)18)13(21)8-19-16-20-12-4-3-10(17)7-15(12)23-16/h2-7H,8H2,1H3,(H,19,20). The third-order valence-corrected chi connectivity index (χ3v) is 4.44. The van der Waals surface area contributed by atoms with E-state index in [0.29, 0.717) is 10.2 Å². The van der Waals surface area contributed by atoms with Gasteiger partial charge in [0.25, 0.3) is 0 Å². The highest BCUT2D eigenvalue weighted by molar-refractivity contribution is 7.22. The molecule has 1 heterocycles. The fraction of sp³-hybridized carbons (Fsp3) is 0.125. The summed E-state index contributed by atoms with van der Waals surface area (Å²) < 4.78 is 19.4. The maximum Gasteiger partial charge on any atom is 0.184 e. The largest absolute Gasteiger partial charge is 0.494 e. The normalized spacial score (nSPS) is 10.7. The van der Waals surface area contributed by atoms with Gasteiger partial charge in [0.2, 0.25) is 0 Å². The minimum absolute atomic E-state index is 0.0271. The molecule has 23 heavy (non-hydrogen) atoms. The number of hydrogen-bond acceptors (Lipinski definition) is 5. The number of anilines is 1. The second-order valence-electron chi connectivity index (χ2n) is 4.76. The molecule has 0 amide bonds. The molecule has 0 unspecified atom stereocenters. The van der Waals surface area contributed by atoms with Crippen LogP contribution < -0.4 is 10.1 Å². The minimum atomic E-state index is -0.562. The van der Waals surface area contributed by atoms with Gasteiger partial charge >= 0.3 is 0 Å². The molecular weight excluding hydrogens is 339 g/mol. The van der Waals surface area contributed by atoms with Crippen LogP contribution in [-0.4, -0.2) is 24.4 Å². The molecule has 0 aliphatic carbocycles. The van der Waals surface area contributed by atoms with E-state index >= 15 is 0 Å². The molecule has 4 nitrogen and oxygen atoms in total. The van der Waals surface area contributed by atoms with E-state index in [9.17, 15) is 9.18 Å². The van der Waals surface area contributed by atoms with Gasteiger partial charge < -0.3 is 10.1 Å². The number of carbonyl (C=O) groups excluding carboxylic acids is 1. The molecule has 1 aromatic heterocycles. The van der Waals surface area contributed by atoms with E-state index in [0.717, 1.165) is 10.2 Å². The first-order valence-electron chi connectivity index (χ1n) is 6.73. The molecule has 0 aliphatic rings. The van der Waals surface area contributed by atoms with Crippen molar-refractivity contribution in [3.05, 3.63) is 52.8 Å². The molecule has 0 fully saturated rings. The zero-order chi connectivity index (χ0) is 16.4. The number of rotatable bonds is 5. The van der Waals surface area contributed by atoms with Crippen LogP contribution in [-0.2, 0) is 0 Å². The van der Waals surface area contributed by atoms with Crippen molar-refractivity contribution in [2.75, 3.05) is 19.0 Å². The Morgan fingerprint density at radius 2 is 2.17 bits per heavy atom. The molecule has 2 aromatic carbocycles. The third kappa shape index (κ3) is 3.43. The summed E-state index contributed by atoms with van der Waals surface area (Å²) in [5.74, 6) is -0.686. The SMILES string of the molecule is COc1ccc(C(=O)CNc2nc3ccc(Cl)cc3s2)cc1F. The van der Waals surface area contributed by atoms with Crippen molar-refractivity contribution >= 4 is 44.1 Å². The summed E-state index contributed by atoms with van der Waals surface area (Å²) in [7, 11) is 1.38. The Morgan fingerprint density at radius 1 is 1.35 bits per heavy atom. The quantitative estimate of drug-likeness (QED) is 0.693. The van der Waals surface area contributed by atoms with Gasteiger partial charge in [0, 0.05) is 10.6 Å². The second-order valence-corrected chi connectivity index (χ2v) is 6.22. The number of halogens is 2. The van der Waals surface area contributed by atoms with Gasteiger partial charge in [-0.1, -0.05) is 22.9 Å². The van der Waals surface area contributed by atoms with Crippen molar-refractivity contribution in [1.82, 2.24) is 4.98 Å². The van der Waals surface area contributed by atoms with Crippen molar-refractivity contribution in [3.8, 4) is 5.75 Å².